The summed E-state index contributed by atoms with van der Waals surface area (Å²) in [5.41, 5.74) is -0.429. The van der Waals surface area contributed by atoms with Crippen molar-refractivity contribution in [3.05, 3.63) is 0 Å². The highest BCUT2D eigenvalue weighted by atomic mass is 32.2. The minimum Gasteiger partial charge on any atom is -0.354 e. The second-order valence-corrected chi connectivity index (χ2v) is 7.31. The Labute approximate surface area is 118 Å². The van der Waals surface area contributed by atoms with Gasteiger partial charge in [-0.15, -0.1) is 11.8 Å². The van der Waals surface area contributed by atoms with Gasteiger partial charge in [0.15, 0.2) is 0 Å². The van der Waals surface area contributed by atoms with Crippen molar-refractivity contribution in [2.24, 2.45) is 11.3 Å². The van der Waals surface area contributed by atoms with Crippen molar-refractivity contribution < 1.29 is 9.59 Å². The number of amides is 2. The Morgan fingerprint density at radius 1 is 1.37 bits per heavy atom. The van der Waals surface area contributed by atoms with Gasteiger partial charge in [0.05, 0.1) is 5.88 Å². The monoisotopic (exact) mass is 285 g/mol. The smallest absolute Gasteiger partial charge is 0.243 e. The molecule has 2 heterocycles. The van der Waals surface area contributed by atoms with Crippen LogP contribution in [-0.2, 0) is 9.59 Å². The summed E-state index contributed by atoms with van der Waals surface area (Å²) in [7, 11) is 0. The summed E-state index contributed by atoms with van der Waals surface area (Å²) < 4.78 is 0. The third-order valence-corrected chi connectivity index (χ3v) is 4.53. The second kappa shape index (κ2) is 5.71. The van der Waals surface area contributed by atoms with Gasteiger partial charge in [0, 0.05) is 36.7 Å². The quantitative estimate of drug-likeness (QED) is 0.781. The summed E-state index contributed by atoms with van der Waals surface area (Å²) in [5, 5.41) is 6.16. The number of hydrogen-bond donors (Lipinski definition) is 2. The average Bonchev–Trinajstić information content (AvgIpc) is 2.72. The van der Waals surface area contributed by atoms with Crippen LogP contribution in [0.5, 0.6) is 0 Å². The first-order valence-electron chi connectivity index (χ1n) is 6.77. The van der Waals surface area contributed by atoms with Gasteiger partial charge in [-0.3, -0.25) is 9.59 Å². The molecule has 2 amide bonds. The molecule has 5 nitrogen and oxygen atoms in total. The van der Waals surface area contributed by atoms with Crippen molar-refractivity contribution >= 4 is 23.6 Å². The van der Waals surface area contributed by atoms with Crippen molar-refractivity contribution in [1.82, 2.24) is 15.5 Å². The van der Waals surface area contributed by atoms with E-state index in [9.17, 15) is 9.59 Å². The van der Waals surface area contributed by atoms with Gasteiger partial charge in [-0.05, 0) is 0 Å². The lowest BCUT2D eigenvalue weighted by atomic mass is 9.94. The number of nitrogens with one attached hydrogen (secondary N) is 2. The van der Waals surface area contributed by atoms with Crippen LogP contribution in [0.15, 0.2) is 0 Å². The molecule has 0 radical (unpaired) electrons. The Hall–Kier alpha value is -0.750. The first-order valence-corrected chi connectivity index (χ1v) is 7.92. The first kappa shape index (κ1) is 14.7. The number of nitrogens with zero attached hydrogens (tertiary/aromatic N) is 1. The summed E-state index contributed by atoms with van der Waals surface area (Å²) in [6, 6.07) is -0.301. The topological polar surface area (TPSA) is 61.4 Å². The predicted octanol–water partition coefficient (Wildman–Crippen LogP) is 0.270. The maximum Gasteiger partial charge on any atom is 0.243 e. The molecule has 2 saturated heterocycles. The van der Waals surface area contributed by atoms with Gasteiger partial charge in [-0.2, -0.15) is 0 Å². The lowest BCUT2D eigenvalue weighted by Crippen LogP contribution is -2.53. The fraction of sp³-hybridized carbons (Fsp3) is 0.846. The van der Waals surface area contributed by atoms with E-state index in [0.29, 0.717) is 24.1 Å². The van der Waals surface area contributed by atoms with Crippen LogP contribution in [0.4, 0.5) is 0 Å². The molecule has 108 valence electrons. The predicted molar refractivity (Wildman–Crippen MR) is 76.8 cm³/mol. The lowest BCUT2D eigenvalue weighted by Gasteiger charge is -2.31. The zero-order chi connectivity index (χ0) is 14.0. The zero-order valence-corrected chi connectivity index (χ0v) is 12.7. The Kier molecular flexibility index (Phi) is 4.40. The number of hydrogen-bond acceptors (Lipinski definition) is 4. The molecular formula is C13H23N3O2S. The minimum atomic E-state index is -0.429. The van der Waals surface area contributed by atoms with E-state index in [2.05, 4.69) is 10.6 Å². The molecule has 2 fully saturated rings. The van der Waals surface area contributed by atoms with Crippen LogP contribution < -0.4 is 10.6 Å². The number of carbonyl (C=O) groups is 2. The highest BCUT2D eigenvalue weighted by Gasteiger charge is 2.39. The van der Waals surface area contributed by atoms with Gasteiger partial charge in [0.1, 0.15) is 6.04 Å². The normalized spacial score (nSPS) is 24.2. The van der Waals surface area contributed by atoms with Gasteiger partial charge in [0.25, 0.3) is 0 Å². The highest BCUT2D eigenvalue weighted by molar-refractivity contribution is 7.99. The van der Waals surface area contributed by atoms with Crippen LogP contribution in [0.25, 0.3) is 0 Å². The second-order valence-electron chi connectivity index (χ2n) is 6.31. The molecular weight excluding hydrogens is 262 g/mol. The van der Waals surface area contributed by atoms with E-state index in [1.165, 1.54) is 0 Å². The van der Waals surface area contributed by atoms with E-state index in [0.717, 1.165) is 13.1 Å². The molecule has 0 saturated carbocycles. The van der Waals surface area contributed by atoms with E-state index < -0.39 is 5.41 Å². The summed E-state index contributed by atoms with van der Waals surface area (Å²) in [6.45, 7) is 8.35. The van der Waals surface area contributed by atoms with Gasteiger partial charge in [-0.1, -0.05) is 20.8 Å². The molecule has 6 heteroatoms. The molecule has 0 aromatic rings. The summed E-state index contributed by atoms with van der Waals surface area (Å²) >= 11 is 1.65. The molecule has 19 heavy (non-hydrogen) atoms. The fourth-order valence-electron chi connectivity index (χ4n) is 2.15. The van der Waals surface area contributed by atoms with Crippen LogP contribution >= 0.6 is 11.8 Å². The maximum atomic E-state index is 12.3. The molecule has 1 atom stereocenters. The van der Waals surface area contributed by atoms with Crippen LogP contribution in [0, 0.1) is 11.3 Å². The number of thioether (sulfide) groups is 1. The van der Waals surface area contributed by atoms with Crippen LogP contribution in [0.3, 0.4) is 0 Å². The first-order chi connectivity index (χ1) is 8.89. The maximum absolute atomic E-state index is 12.3. The highest BCUT2D eigenvalue weighted by Crippen LogP contribution is 2.27. The van der Waals surface area contributed by atoms with Crippen molar-refractivity contribution in [3.63, 3.8) is 0 Å². The largest absolute Gasteiger partial charge is 0.354 e. The van der Waals surface area contributed by atoms with E-state index in [1.807, 2.05) is 20.8 Å². The molecule has 2 aliphatic heterocycles. The molecule has 0 bridgehead atoms. The molecule has 0 aromatic carbocycles. The third-order valence-electron chi connectivity index (χ3n) is 3.52. The van der Waals surface area contributed by atoms with Crippen LogP contribution in [0.2, 0.25) is 0 Å². The summed E-state index contributed by atoms with van der Waals surface area (Å²) in [4.78, 5) is 26.2. The Morgan fingerprint density at radius 2 is 2.05 bits per heavy atom. The lowest BCUT2D eigenvalue weighted by molar-refractivity contribution is -0.144. The molecule has 2 aliphatic rings. The van der Waals surface area contributed by atoms with Crippen LogP contribution in [0.1, 0.15) is 20.8 Å². The molecule has 2 rings (SSSR count). The van der Waals surface area contributed by atoms with Crippen molar-refractivity contribution in [1.29, 1.82) is 0 Å². The fourth-order valence-corrected chi connectivity index (χ4v) is 3.30. The Morgan fingerprint density at radius 3 is 2.58 bits per heavy atom. The Balaban J connectivity index is 1.90. The van der Waals surface area contributed by atoms with Gasteiger partial charge >= 0.3 is 0 Å². The van der Waals surface area contributed by atoms with E-state index in [1.54, 1.807) is 16.7 Å². The average molecular weight is 285 g/mol. The zero-order valence-electron chi connectivity index (χ0n) is 11.9. The standard InChI is InChI=1S/C13H23N3O2S/c1-13(2,3)12(18)16-8-19-7-10(16)11(17)15-6-9-4-14-5-9/h9-10,14H,4-8H2,1-3H3,(H,15,17). The molecule has 0 spiro atoms. The summed E-state index contributed by atoms with van der Waals surface area (Å²) in [5.74, 6) is 1.93. The van der Waals surface area contributed by atoms with Crippen molar-refractivity contribution in [3.8, 4) is 0 Å². The SMILES string of the molecule is CC(C)(C)C(=O)N1CSCC1C(=O)NCC1CNC1. The molecule has 0 aliphatic carbocycles. The number of rotatable bonds is 3. The Bertz CT molecular complexity index is 363. The molecule has 0 aromatic heterocycles. The van der Waals surface area contributed by atoms with E-state index >= 15 is 0 Å². The van der Waals surface area contributed by atoms with Gasteiger partial charge in [-0.25, -0.2) is 0 Å². The summed E-state index contributed by atoms with van der Waals surface area (Å²) in [6.07, 6.45) is 0. The van der Waals surface area contributed by atoms with Crippen molar-refractivity contribution in [2.75, 3.05) is 31.3 Å². The van der Waals surface area contributed by atoms with Gasteiger partial charge < -0.3 is 15.5 Å². The molecule has 1 unspecified atom stereocenters. The van der Waals surface area contributed by atoms with E-state index in [-0.39, 0.29) is 17.9 Å². The number of carbonyl (C=O) groups excluding carboxylic acids is 2. The minimum absolute atomic E-state index is 0.00509. The van der Waals surface area contributed by atoms with Crippen LogP contribution in [-0.4, -0.2) is 54.0 Å². The third kappa shape index (κ3) is 3.42. The van der Waals surface area contributed by atoms with Gasteiger partial charge in [0.2, 0.25) is 11.8 Å². The van der Waals surface area contributed by atoms with E-state index in [4.69, 9.17) is 0 Å². The van der Waals surface area contributed by atoms with Crippen molar-refractivity contribution in [2.45, 2.75) is 26.8 Å². The molecule has 2 N–H and O–H groups in total.